The molecule has 0 spiro atoms. The van der Waals surface area contributed by atoms with Crippen molar-refractivity contribution in [1.82, 2.24) is 14.6 Å². The van der Waals surface area contributed by atoms with E-state index in [0.717, 1.165) is 29.5 Å². The summed E-state index contributed by atoms with van der Waals surface area (Å²) in [6.07, 6.45) is 1.61. The topological polar surface area (TPSA) is 113 Å². The van der Waals surface area contributed by atoms with Crippen LogP contribution in [0.2, 0.25) is 0 Å². The fourth-order valence-electron chi connectivity index (χ4n) is 3.98. The molecule has 32 heavy (non-hydrogen) atoms. The van der Waals surface area contributed by atoms with Gasteiger partial charge in [0.05, 0.1) is 9.79 Å². The maximum Gasteiger partial charge on any atom is 0.266 e. The third-order valence-electron chi connectivity index (χ3n) is 6.30. The number of hydrogen-bond donors (Lipinski definition) is 2. The third kappa shape index (κ3) is 4.45. The quantitative estimate of drug-likeness (QED) is 0.619. The maximum absolute atomic E-state index is 13.0. The predicted molar refractivity (Wildman–Crippen MR) is 122 cm³/mol. The van der Waals surface area contributed by atoms with Gasteiger partial charge >= 0.3 is 0 Å². The summed E-state index contributed by atoms with van der Waals surface area (Å²) in [5, 5.41) is 0. The molecule has 10 heteroatoms. The normalized spacial score (nSPS) is 15.2. The van der Waals surface area contributed by atoms with Gasteiger partial charge in [0.2, 0.25) is 10.0 Å². The van der Waals surface area contributed by atoms with Crippen LogP contribution in [0.25, 0.3) is 0 Å². The number of nitrogens with one attached hydrogen (secondary N) is 2. The second-order valence-electron chi connectivity index (χ2n) is 8.15. The van der Waals surface area contributed by atoms with Crippen molar-refractivity contribution in [3.05, 3.63) is 57.6 Å². The van der Waals surface area contributed by atoms with Crippen LogP contribution in [0.4, 0.5) is 0 Å². The Morgan fingerprint density at radius 3 is 1.94 bits per heavy atom. The van der Waals surface area contributed by atoms with E-state index in [-0.39, 0.29) is 15.4 Å². The zero-order valence-electron chi connectivity index (χ0n) is 18.9. The minimum atomic E-state index is -4.05. The van der Waals surface area contributed by atoms with Gasteiger partial charge in [-0.3, -0.25) is 10.2 Å². The molecular weight excluding hydrogens is 450 g/mol. The first-order valence-corrected chi connectivity index (χ1v) is 13.3. The molecule has 1 heterocycles. The van der Waals surface area contributed by atoms with Crippen molar-refractivity contribution in [3.63, 3.8) is 0 Å². The van der Waals surface area contributed by atoms with E-state index in [2.05, 4.69) is 10.3 Å². The summed E-state index contributed by atoms with van der Waals surface area (Å²) < 4.78 is 52.9. The summed E-state index contributed by atoms with van der Waals surface area (Å²) in [5.74, 6) is -0.747. The van der Waals surface area contributed by atoms with Crippen LogP contribution in [-0.2, 0) is 20.0 Å². The fourth-order valence-corrected chi connectivity index (χ4v) is 6.99. The standard InChI is InChI=1S/C22H29N3O5S2/c1-14-15(2)17(4)21(18(5)16(14)3)31(27,28)24-23-22(26)19-9-8-10-20(13-19)32(29,30)25-11-6-7-12-25/h8-10,13,24H,6-7,11-12H2,1-5H3,(H,23,26). The van der Waals surface area contributed by atoms with E-state index in [0.29, 0.717) is 24.2 Å². The van der Waals surface area contributed by atoms with Crippen molar-refractivity contribution < 1.29 is 21.6 Å². The first kappa shape index (κ1) is 24.4. The molecular formula is C22H29N3O5S2. The van der Waals surface area contributed by atoms with Gasteiger partial charge in [-0.25, -0.2) is 16.8 Å². The van der Waals surface area contributed by atoms with Crippen LogP contribution in [0.1, 0.15) is 51.0 Å². The Morgan fingerprint density at radius 2 is 1.38 bits per heavy atom. The molecule has 0 aliphatic carbocycles. The lowest BCUT2D eigenvalue weighted by Crippen LogP contribution is -2.42. The number of sulfonamides is 2. The highest BCUT2D eigenvalue weighted by molar-refractivity contribution is 7.89. The number of amides is 1. The van der Waals surface area contributed by atoms with E-state index >= 15 is 0 Å². The number of benzene rings is 2. The number of hydrogen-bond acceptors (Lipinski definition) is 5. The van der Waals surface area contributed by atoms with Gasteiger partial charge in [-0.05, 0) is 93.5 Å². The van der Waals surface area contributed by atoms with E-state index in [1.54, 1.807) is 13.8 Å². The molecule has 8 nitrogen and oxygen atoms in total. The zero-order chi connectivity index (χ0) is 23.8. The molecule has 1 fully saturated rings. The molecule has 3 rings (SSSR count). The molecule has 2 N–H and O–H groups in total. The highest BCUT2D eigenvalue weighted by Crippen LogP contribution is 2.29. The summed E-state index contributed by atoms with van der Waals surface area (Å²) in [4.78, 5) is 14.9. The Labute approximate surface area is 190 Å². The van der Waals surface area contributed by atoms with Gasteiger partial charge in [0, 0.05) is 18.7 Å². The minimum absolute atomic E-state index is 0.00591. The number of nitrogens with zero attached hydrogens (tertiary/aromatic N) is 1. The van der Waals surface area contributed by atoms with Crippen molar-refractivity contribution in [1.29, 1.82) is 0 Å². The van der Waals surface area contributed by atoms with E-state index < -0.39 is 26.0 Å². The molecule has 1 saturated heterocycles. The molecule has 2 aromatic rings. The van der Waals surface area contributed by atoms with Crippen molar-refractivity contribution >= 4 is 26.0 Å². The SMILES string of the molecule is Cc1c(C)c(C)c(S(=O)(=O)NNC(=O)c2cccc(S(=O)(=O)N3CCCC3)c2)c(C)c1C. The Kier molecular flexibility index (Phi) is 6.80. The van der Waals surface area contributed by atoms with Gasteiger partial charge in [0.1, 0.15) is 0 Å². The molecule has 0 radical (unpaired) electrons. The average Bonchev–Trinajstić information content (AvgIpc) is 3.30. The van der Waals surface area contributed by atoms with Crippen LogP contribution in [0.5, 0.6) is 0 Å². The molecule has 0 saturated carbocycles. The molecule has 1 aliphatic heterocycles. The summed E-state index contributed by atoms with van der Waals surface area (Å²) in [6, 6.07) is 5.59. The molecule has 0 atom stereocenters. The Balaban J connectivity index is 1.84. The van der Waals surface area contributed by atoms with Gasteiger partial charge in [-0.2, -0.15) is 4.31 Å². The Bertz CT molecular complexity index is 1250. The molecule has 2 aromatic carbocycles. The van der Waals surface area contributed by atoms with E-state index in [9.17, 15) is 21.6 Å². The lowest BCUT2D eigenvalue weighted by Gasteiger charge is -2.19. The molecule has 0 bridgehead atoms. The largest absolute Gasteiger partial charge is 0.273 e. The number of carbonyl (C=O) groups excluding carboxylic acids is 1. The highest BCUT2D eigenvalue weighted by Gasteiger charge is 2.28. The van der Waals surface area contributed by atoms with Gasteiger partial charge in [-0.1, -0.05) is 6.07 Å². The van der Waals surface area contributed by atoms with Gasteiger partial charge in [0.15, 0.2) is 0 Å². The van der Waals surface area contributed by atoms with Crippen molar-refractivity contribution in [2.45, 2.75) is 57.3 Å². The second-order valence-corrected chi connectivity index (χ2v) is 11.7. The monoisotopic (exact) mass is 479 g/mol. The van der Waals surface area contributed by atoms with Crippen LogP contribution in [0.3, 0.4) is 0 Å². The number of carbonyl (C=O) groups is 1. The minimum Gasteiger partial charge on any atom is -0.273 e. The highest BCUT2D eigenvalue weighted by atomic mass is 32.2. The number of hydrazine groups is 1. The van der Waals surface area contributed by atoms with Crippen LogP contribution >= 0.6 is 0 Å². The first-order chi connectivity index (χ1) is 14.9. The van der Waals surface area contributed by atoms with Crippen molar-refractivity contribution in [3.8, 4) is 0 Å². The summed E-state index contributed by atoms with van der Waals surface area (Å²) in [7, 11) is -7.74. The van der Waals surface area contributed by atoms with Gasteiger partial charge in [0.25, 0.3) is 15.9 Å². The lowest BCUT2D eigenvalue weighted by atomic mass is 9.95. The summed E-state index contributed by atoms with van der Waals surface area (Å²) in [6.45, 7) is 10.0. The second kappa shape index (κ2) is 8.93. The van der Waals surface area contributed by atoms with E-state index in [1.165, 1.54) is 28.6 Å². The third-order valence-corrected chi connectivity index (χ3v) is 9.71. The van der Waals surface area contributed by atoms with Crippen LogP contribution < -0.4 is 10.3 Å². The molecule has 0 unspecified atom stereocenters. The van der Waals surface area contributed by atoms with E-state index in [4.69, 9.17) is 0 Å². The average molecular weight is 480 g/mol. The van der Waals surface area contributed by atoms with Crippen molar-refractivity contribution in [2.75, 3.05) is 13.1 Å². The van der Waals surface area contributed by atoms with Crippen molar-refractivity contribution in [2.24, 2.45) is 0 Å². The number of rotatable bonds is 6. The van der Waals surface area contributed by atoms with Crippen LogP contribution in [-0.4, -0.2) is 40.1 Å². The van der Waals surface area contributed by atoms with Gasteiger partial charge in [-0.15, -0.1) is 4.83 Å². The molecule has 174 valence electrons. The Morgan fingerprint density at radius 1 is 0.844 bits per heavy atom. The predicted octanol–water partition coefficient (Wildman–Crippen LogP) is 2.64. The molecule has 1 amide bonds. The van der Waals surface area contributed by atoms with E-state index in [1.807, 2.05) is 20.8 Å². The maximum atomic E-state index is 13.0. The summed E-state index contributed by atoms with van der Waals surface area (Å²) >= 11 is 0. The van der Waals surface area contributed by atoms with Gasteiger partial charge < -0.3 is 0 Å². The lowest BCUT2D eigenvalue weighted by molar-refractivity contribution is 0.0945. The Hall–Kier alpha value is -2.27. The first-order valence-electron chi connectivity index (χ1n) is 10.4. The van der Waals surface area contributed by atoms with Crippen LogP contribution in [0, 0.1) is 34.6 Å². The molecule has 0 aromatic heterocycles. The summed E-state index contributed by atoms with van der Waals surface area (Å²) in [5.41, 5.74) is 6.26. The zero-order valence-corrected chi connectivity index (χ0v) is 20.6. The smallest absolute Gasteiger partial charge is 0.266 e. The molecule has 1 aliphatic rings. The van der Waals surface area contributed by atoms with Crippen LogP contribution in [0.15, 0.2) is 34.1 Å². The fraction of sp³-hybridized carbons (Fsp3) is 0.409.